The van der Waals surface area contributed by atoms with Crippen LogP contribution < -0.4 is 5.69 Å². The van der Waals surface area contributed by atoms with Crippen LogP contribution in [0, 0.1) is 18.3 Å². The molecule has 2 aromatic rings. The highest BCUT2D eigenvalue weighted by Gasteiger charge is 2.31. The van der Waals surface area contributed by atoms with E-state index in [-0.39, 0.29) is 23.7 Å². The van der Waals surface area contributed by atoms with Gasteiger partial charge in [0.2, 0.25) is 0 Å². The summed E-state index contributed by atoms with van der Waals surface area (Å²) in [4.78, 5) is 29.3. The second-order valence-electron chi connectivity index (χ2n) is 7.23. The number of carbonyl (C=O) groups is 1. The highest BCUT2D eigenvalue weighted by atomic mass is 16.5. The van der Waals surface area contributed by atoms with E-state index in [1.165, 1.54) is 0 Å². The summed E-state index contributed by atoms with van der Waals surface area (Å²) in [6.07, 6.45) is 3.10. The van der Waals surface area contributed by atoms with Crippen LogP contribution in [0.25, 0.3) is 11.0 Å². The number of nitriles is 1. The van der Waals surface area contributed by atoms with E-state index in [1.807, 2.05) is 17.6 Å². The number of cyclic esters (lactones) is 1. The van der Waals surface area contributed by atoms with E-state index in [9.17, 15) is 14.9 Å². The van der Waals surface area contributed by atoms with Gasteiger partial charge in [-0.1, -0.05) is 0 Å². The molecule has 0 saturated carbocycles. The van der Waals surface area contributed by atoms with Crippen molar-refractivity contribution in [1.29, 1.82) is 5.26 Å². The Kier molecular flexibility index (Phi) is 4.29. The summed E-state index contributed by atoms with van der Waals surface area (Å²) in [5.41, 5.74) is 2.94. The van der Waals surface area contributed by atoms with Crippen molar-refractivity contribution in [3.8, 4) is 6.07 Å². The molecule has 0 radical (unpaired) electrons. The number of aromatic nitrogens is 2. The number of aromatic amines is 1. The molecule has 0 bridgehead atoms. The monoisotopic (exact) mass is 354 g/mol. The number of piperidine rings is 1. The summed E-state index contributed by atoms with van der Waals surface area (Å²) in [5, 5.41) is 9.19. The van der Waals surface area contributed by atoms with Crippen molar-refractivity contribution < 1.29 is 9.53 Å². The summed E-state index contributed by atoms with van der Waals surface area (Å²) in [6.45, 7) is 4.14. The SMILES string of the molecule is Cc1cc2c(cc1C#N)[nH]c(=O)n2C1CCN(C2CCOC(=O)C2)CC1. The number of esters is 1. The number of fused-ring (bicyclic) bond motifs is 1. The highest BCUT2D eigenvalue weighted by molar-refractivity contribution is 5.78. The number of imidazole rings is 1. The number of ether oxygens (including phenoxy) is 1. The molecular formula is C19H22N4O3. The summed E-state index contributed by atoms with van der Waals surface area (Å²) < 4.78 is 6.88. The third-order valence-electron chi connectivity index (χ3n) is 5.68. The predicted octanol–water partition coefficient (Wildman–Crippen LogP) is 1.85. The smallest absolute Gasteiger partial charge is 0.326 e. The van der Waals surface area contributed by atoms with Gasteiger partial charge in [0.25, 0.3) is 0 Å². The number of nitrogens with zero attached hydrogens (tertiary/aromatic N) is 3. The van der Waals surface area contributed by atoms with E-state index in [1.54, 1.807) is 6.07 Å². The van der Waals surface area contributed by atoms with Crippen molar-refractivity contribution in [3.05, 3.63) is 33.7 Å². The molecule has 0 amide bonds. The third-order valence-corrected chi connectivity index (χ3v) is 5.68. The fourth-order valence-electron chi connectivity index (χ4n) is 4.24. The fourth-order valence-corrected chi connectivity index (χ4v) is 4.24. The number of carbonyl (C=O) groups excluding carboxylic acids is 1. The Morgan fingerprint density at radius 1 is 1.19 bits per heavy atom. The lowest BCUT2D eigenvalue weighted by molar-refractivity contribution is -0.150. The van der Waals surface area contributed by atoms with Gasteiger partial charge in [-0.15, -0.1) is 0 Å². The summed E-state index contributed by atoms with van der Waals surface area (Å²) in [7, 11) is 0. The molecule has 1 unspecified atom stereocenters. The van der Waals surface area contributed by atoms with Crippen molar-refractivity contribution in [2.24, 2.45) is 0 Å². The lowest BCUT2D eigenvalue weighted by Crippen LogP contribution is -2.46. The summed E-state index contributed by atoms with van der Waals surface area (Å²) >= 11 is 0. The molecule has 1 aromatic heterocycles. The Morgan fingerprint density at radius 3 is 2.65 bits per heavy atom. The van der Waals surface area contributed by atoms with Crippen LogP contribution in [0.3, 0.4) is 0 Å². The van der Waals surface area contributed by atoms with E-state index in [0.717, 1.165) is 48.9 Å². The quantitative estimate of drug-likeness (QED) is 0.831. The number of H-pyrrole nitrogens is 1. The first kappa shape index (κ1) is 16.9. The lowest BCUT2D eigenvalue weighted by atomic mass is 9.99. The van der Waals surface area contributed by atoms with Gasteiger partial charge < -0.3 is 9.72 Å². The van der Waals surface area contributed by atoms with E-state index < -0.39 is 0 Å². The number of hydrogen-bond donors (Lipinski definition) is 1. The van der Waals surface area contributed by atoms with Gasteiger partial charge in [0.1, 0.15) is 0 Å². The molecule has 2 saturated heterocycles. The number of nitrogens with one attached hydrogen (secondary N) is 1. The normalized spacial score (nSPS) is 22.3. The van der Waals surface area contributed by atoms with Crippen molar-refractivity contribution in [2.45, 2.75) is 44.7 Å². The van der Waals surface area contributed by atoms with Crippen LogP contribution in [0.1, 0.15) is 42.9 Å². The standard InChI is InChI=1S/C19H22N4O3/c1-12-8-17-16(9-13(12)11-20)21-19(25)23(17)14-2-5-22(6-3-14)15-4-7-26-18(24)10-15/h8-9,14-15H,2-7,10H2,1H3,(H,21,25). The topological polar surface area (TPSA) is 91.1 Å². The van der Waals surface area contributed by atoms with Gasteiger partial charge in [0, 0.05) is 25.2 Å². The van der Waals surface area contributed by atoms with Crippen LogP contribution in [-0.2, 0) is 9.53 Å². The van der Waals surface area contributed by atoms with Crippen molar-refractivity contribution in [3.63, 3.8) is 0 Å². The van der Waals surface area contributed by atoms with Crippen LogP contribution in [0.5, 0.6) is 0 Å². The Hall–Kier alpha value is -2.59. The second-order valence-corrected chi connectivity index (χ2v) is 7.23. The minimum Gasteiger partial charge on any atom is -0.466 e. The number of benzene rings is 1. The number of aryl methyl sites for hydroxylation is 1. The molecule has 3 heterocycles. The molecule has 7 nitrogen and oxygen atoms in total. The Bertz CT molecular complexity index is 944. The van der Waals surface area contributed by atoms with Gasteiger partial charge >= 0.3 is 11.7 Å². The summed E-state index contributed by atoms with van der Waals surface area (Å²) in [5.74, 6) is -0.111. The molecular weight excluding hydrogens is 332 g/mol. The van der Waals surface area contributed by atoms with Crippen molar-refractivity contribution in [1.82, 2.24) is 14.5 Å². The molecule has 4 rings (SSSR count). The number of likely N-dealkylation sites (tertiary alicyclic amines) is 1. The molecule has 26 heavy (non-hydrogen) atoms. The maximum absolute atomic E-state index is 12.5. The first-order valence-electron chi connectivity index (χ1n) is 9.11. The molecule has 2 fully saturated rings. The first-order chi connectivity index (χ1) is 12.6. The van der Waals surface area contributed by atoms with E-state index in [4.69, 9.17) is 4.74 Å². The molecule has 1 aromatic carbocycles. The largest absolute Gasteiger partial charge is 0.466 e. The Balaban J connectivity index is 1.55. The van der Waals surface area contributed by atoms with Crippen LogP contribution in [-0.4, -0.2) is 46.2 Å². The van der Waals surface area contributed by atoms with Gasteiger partial charge in [0.05, 0.1) is 35.7 Å². The van der Waals surface area contributed by atoms with E-state index in [0.29, 0.717) is 18.6 Å². The molecule has 0 aliphatic carbocycles. The van der Waals surface area contributed by atoms with Gasteiger partial charge in [0.15, 0.2) is 0 Å². The molecule has 2 aliphatic rings. The minimum atomic E-state index is -0.116. The fraction of sp³-hybridized carbons (Fsp3) is 0.526. The molecule has 136 valence electrons. The average Bonchev–Trinajstić information content (AvgIpc) is 2.96. The lowest BCUT2D eigenvalue weighted by Gasteiger charge is -2.38. The minimum absolute atomic E-state index is 0.111. The van der Waals surface area contributed by atoms with Crippen LogP contribution in [0.4, 0.5) is 0 Å². The third kappa shape index (κ3) is 2.90. The van der Waals surface area contributed by atoms with Crippen LogP contribution in [0.2, 0.25) is 0 Å². The zero-order chi connectivity index (χ0) is 18.3. The van der Waals surface area contributed by atoms with Crippen molar-refractivity contribution >= 4 is 17.0 Å². The van der Waals surface area contributed by atoms with Crippen LogP contribution in [0.15, 0.2) is 16.9 Å². The average molecular weight is 354 g/mol. The van der Waals surface area contributed by atoms with E-state index >= 15 is 0 Å². The predicted molar refractivity (Wildman–Crippen MR) is 95.8 cm³/mol. The van der Waals surface area contributed by atoms with Crippen LogP contribution >= 0.6 is 0 Å². The highest BCUT2D eigenvalue weighted by Crippen LogP contribution is 2.28. The van der Waals surface area contributed by atoms with Gasteiger partial charge in [-0.05, 0) is 43.9 Å². The Morgan fingerprint density at radius 2 is 1.96 bits per heavy atom. The number of hydrogen-bond acceptors (Lipinski definition) is 5. The van der Waals surface area contributed by atoms with Crippen molar-refractivity contribution in [2.75, 3.05) is 19.7 Å². The Labute approximate surface area is 151 Å². The zero-order valence-electron chi connectivity index (χ0n) is 14.8. The first-order valence-corrected chi connectivity index (χ1v) is 9.11. The van der Waals surface area contributed by atoms with E-state index in [2.05, 4.69) is 16.0 Å². The maximum atomic E-state index is 12.5. The molecule has 0 spiro atoms. The summed E-state index contributed by atoms with van der Waals surface area (Å²) in [6, 6.07) is 6.24. The van der Waals surface area contributed by atoms with Gasteiger partial charge in [-0.3, -0.25) is 14.3 Å². The number of rotatable bonds is 2. The second kappa shape index (κ2) is 6.61. The molecule has 7 heteroatoms. The zero-order valence-corrected chi connectivity index (χ0v) is 14.8. The van der Waals surface area contributed by atoms with Gasteiger partial charge in [-0.2, -0.15) is 5.26 Å². The molecule has 1 atom stereocenters. The molecule has 1 N–H and O–H groups in total. The molecule has 2 aliphatic heterocycles. The van der Waals surface area contributed by atoms with Gasteiger partial charge in [-0.25, -0.2) is 4.79 Å². The maximum Gasteiger partial charge on any atom is 0.326 e.